The Morgan fingerprint density at radius 3 is 2.50 bits per heavy atom. The summed E-state index contributed by atoms with van der Waals surface area (Å²) in [6, 6.07) is 2.30. The van der Waals surface area contributed by atoms with Crippen molar-refractivity contribution in [3.05, 3.63) is 0 Å². The summed E-state index contributed by atoms with van der Waals surface area (Å²) in [4.78, 5) is 13.5. The fourth-order valence-corrected chi connectivity index (χ4v) is 1.78. The minimum atomic E-state index is -0.276. The van der Waals surface area contributed by atoms with Gasteiger partial charge in [0, 0.05) is 0 Å². The smallest absolute Gasteiger partial charge is 0.320 e. The second kappa shape index (κ2) is 8.93. The van der Waals surface area contributed by atoms with Crippen LogP contribution in [0.3, 0.4) is 0 Å². The molecule has 0 fully saturated rings. The van der Waals surface area contributed by atoms with E-state index in [-0.39, 0.29) is 11.4 Å². The molecule has 0 atom stereocenters. The molecule has 0 heterocycles. The highest BCUT2D eigenvalue weighted by Crippen LogP contribution is 2.20. The van der Waals surface area contributed by atoms with Crippen molar-refractivity contribution in [3.63, 3.8) is 0 Å². The van der Waals surface area contributed by atoms with Crippen LogP contribution in [-0.2, 0) is 9.53 Å². The highest BCUT2D eigenvalue weighted by molar-refractivity contribution is 5.71. The van der Waals surface area contributed by atoms with Crippen LogP contribution in [-0.4, -0.2) is 37.1 Å². The van der Waals surface area contributed by atoms with Gasteiger partial charge in [-0.25, -0.2) is 0 Å². The van der Waals surface area contributed by atoms with Crippen LogP contribution in [0.25, 0.3) is 0 Å². The average Bonchev–Trinajstić information content (AvgIpc) is 2.29. The molecule has 104 valence electrons. The van der Waals surface area contributed by atoms with Gasteiger partial charge in [0.2, 0.25) is 0 Å². The number of nitriles is 1. The predicted octanol–water partition coefficient (Wildman–Crippen LogP) is 2.59. The van der Waals surface area contributed by atoms with Crippen LogP contribution in [0.1, 0.15) is 47.0 Å². The van der Waals surface area contributed by atoms with Crippen molar-refractivity contribution in [1.29, 1.82) is 5.26 Å². The van der Waals surface area contributed by atoms with Crippen molar-refractivity contribution in [2.75, 3.05) is 26.2 Å². The third-order valence-electron chi connectivity index (χ3n) is 2.78. The summed E-state index contributed by atoms with van der Waals surface area (Å²) in [7, 11) is 0. The van der Waals surface area contributed by atoms with E-state index in [1.807, 2.05) is 20.8 Å². The summed E-state index contributed by atoms with van der Waals surface area (Å²) in [5.41, 5.74) is -0.276. The van der Waals surface area contributed by atoms with E-state index in [0.29, 0.717) is 13.2 Å². The van der Waals surface area contributed by atoms with Gasteiger partial charge < -0.3 is 4.74 Å². The van der Waals surface area contributed by atoms with E-state index < -0.39 is 0 Å². The van der Waals surface area contributed by atoms with Crippen molar-refractivity contribution in [3.8, 4) is 6.07 Å². The average molecular weight is 254 g/mol. The number of hydrogen-bond donors (Lipinski definition) is 0. The first kappa shape index (κ1) is 16.9. The Morgan fingerprint density at radius 2 is 2.00 bits per heavy atom. The van der Waals surface area contributed by atoms with Gasteiger partial charge in [-0.2, -0.15) is 5.26 Å². The fourth-order valence-electron chi connectivity index (χ4n) is 1.78. The lowest BCUT2D eigenvalue weighted by molar-refractivity contribution is -0.144. The van der Waals surface area contributed by atoms with Crippen molar-refractivity contribution in [2.24, 2.45) is 5.41 Å². The van der Waals surface area contributed by atoms with Gasteiger partial charge in [-0.1, -0.05) is 6.92 Å². The van der Waals surface area contributed by atoms with E-state index >= 15 is 0 Å². The second-order valence-electron chi connectivity index (χ2n) is 5.18. The molecule has 0 bridgehead atoms. The maximum absolute atomic E-state index is 11.4. The number of ether oxygens (including phenoxy) is 1. The zero-order valence-electron chi connectivity index (χ0n) is 12.2. The molecule has 18 heavy (non-hydrogen) atoms. The molecular weight excluding hydrogens is 228 g/mol. The maximum Gasteiger partial charge on any atom is 0.320 e. The van der Waals surface area contributed by atoms with Crippen molar-refractivity contribution >= 4 is 5.97 Å². The summed E-state index contributed by atoms with van der Waals surface area (Å²) in [5, 5.41) is 8.94. The molecule has 0 N–H and O–H groups in total. The predicted molar refractivity (Wildman–Crippen MR) is 72.0 cm³/mol. The first-order valence-corrected chi connectivity index (χ1v) is 6.74. The zero-order chi connectivity index (χ0) is 14.0. The van der Waals surface area contributed by atoms with E-state index in [0.717, 1.165) is 32.4 Å². The normalized spacial score (nSPS) is 11.3. The largest absolute Gasteiger partial charge is 0.465 e. The molecule has 0 aliphatic heterocycles. The van der Waals surface area contributed by atoms with E-state index in [4.69, 9.17) is 10.00 Å². The molecule has 0 aromatic heterocycles. The summed E-state index contributed by atoms with van der Waals surface area (Å²) in [6.07, 6.45) is 2.80. The monoisotopic (exact) mass is 254 g/mol. The summed E-state index contributed by atoms with van der Waals surface area (Å²) >= 11 is 0. The SMILES string of the molecule is CCCN(CCCC(C)(C)C#N)CC(=O)OCC. The molecular formula is C14H26N2O2. The fraction of sp³-hybridized carbons (Fsp3) is 0.857. The van der Waals surface area contributed by atoms with E-state index in [9.17, 15) is 4.79 Å². The lowest BCUT2D eigenvalue weighted by Gasteiger charge is -2.22. The maximum atomic E-state index is 11.4. The molecule has 0 unspecified atom stereocenters. The van der Waals surface area contributed by atoms with Gasteiger partial charge >= 0.3 is 5.97 Å². The first-order valence-electron chi connectivity index (χ1n) is 6.74. The Balaban J connectivity index is 4.05. The van der Waals surface area contributed by atoms with Gasteiger partial charge in [-0.15, -0.1) is 0 Å². The standard InChI is InChI=1S/C14H26N2O2/c1-5-9-16(11-13(17)18-6-2)10-7-8-14(3,4)12-15/h5-11H2,1-4H3. The Hall–Kier alpha value is -1.08. The molecule has 4 nitrogen and oxygen atoms in total. The van der Waals surface area contributed by atoms with Crippen LogP contribution in [0.15, 0.2) is 0 Å². The molecule has 4 heteroatoms. The topological polar surface area (TPSA) is 53.3 Å². The number of nitrogens with zero attached hydrogens (tertiary/aromatic N) is 2. The summed E-state index contributed by atoms with van der Waals surface area (Å²) in [5.74, 6) is -0.162. The molecule has 0 spiro atoms. The molecule has 0 aliphatic rings. The number of carbonyl (C=O) groups is 1. The van der Waals surface area contributed by atoms with Crippen LogP contribution in [0.5, 0.6) is 0 Å². The molecule has 0 aliphatic carbocycles. The van der Waals surface area contributed by atoms with Crippen LogP contribution in [0.2, 0.25) is 0 Å². The zero-order valence-corrected chi connectivity index (χ0v) is 12.2. The molecule has 0 saturated carbocycles. The van der Waals surface area contributed by atoms with Gasteiger partial charge in [-0.05, 0) is 53.1 Å². The van der Waals surface area contributed by atoms with Crippen LogP contribution < -0.4 is 0 Å². The van der Waals surface area contributed by atoms with Crippen LogP contribution in [0, 0.1) is 16.7 Å². The molecule has 0 amide bonds. The Kier molecular flexibility index (Phi) is 8.40. The number of esters is 1. The Morgan fingerprint density at radius 1 is 1.33 bits per heavy atom. The lowest BCUT2D eigenvalue weighted by atomic mass is 9.90. The quantitative estimate of drug-likeness (QED) is 0.593. The Bertz CT molecular complexity index is 282. The van der Waals surface area contributed by atoms with E-state index in [1.54, 1.807) is 0 Å². The summed E-state index contributed by atoms with van der Waals surface area (Å²) < 4.78 is 4.95. The van der Waals surface area contributed by atoms with E-state index in [2.05, 4.69) is 17.9 Å². The molecule has 0 rings (SSSR count). The highest BCUT2D eigenvalue weighted by atomic mass is 16.5. The third-order valence-corrected chi connectivity index (χ3v) is 2.78. The van der Waals surface area contributed by atoms with Crippen molar-refractivity contribution in [2.45, 2.75) is 47.0 Å². The highest BCUT2D eigenvalue weighted by Gasteiger charge is 2.17. The molecule has 0 saturated heterocycles. The van der Waals surface area contributed by atoms with Crippen LogP contribution >= 0.6 is 0 Å². The molecule has 0 aromatic rings. The molecule has 0 radical (unpaired) electrons. The summed E-state index contributed by atoms with van der Waals surface area (Å²) in [6.45, 7) is 10.3. The van der Waals surface area contributed by atoms with Gasteiger partial charge in [-0.3, -0.25) is 9.69 Å². The number of hydrogen-bond acceptors (Lipinski definition) is 4. The van der Waals surface area contributed by atoms with Gasteiger partial charge in [0.25, 0.3) is 0 Å². The van der Waals surface area contributed by atoms with Crippen molar-refractivity contribution < 1.29 is 9.53 Å². The second-order valence-corrected chi connectivity index (χ2v) is 5.18. The van der Waals surface area contributed by atoms with Crippen molar-refractivity contribution in [1.82, 2.24) is 4.90 Å². The third kappa shape index (κ3) is 8.08. The van der Waals surface area contributed by atoms with E-state index in [1.165, 1.54) is 0 Å². The van der Waals surface area contributed by atoms with Gasteiger partial charge in [0.05, 0.1) is 24.6 Å². The minimum absolute atomic E-state index is 0.162. The molecule has 0 aromatic carbocycles. The Labute approximate surface area is 111 Å². The van der Waals surface area contributed by atoms with Gasteiger partial charge in [0.15, 0.2) is 0 Å². The van der Waals surface area contributed by atoms with Crippen LogP contribution in [0.4, 0.5) is 0 Å². The lowest BCUT2D eigenvalue weighted by Crippen LogP contribution is -2.33. The van der Waals surface area contributed by atoms with Gasteiger partial charge in [0.1, 0.15) is 0 Å². The number of rotatable bonds is 9. The number of carbonyl (C=O) groups excluding carboxylic acids is 1. The first-order chi connectivity index (χ1) is 8.45. The minimum Gasteiger partial charge on any atom is -0.465 e.